The van der Waals surface area contributed by atoms with Crippen molar-refractivity contribution in [2.45, 2.75) is 18.7 Å². The van der Waals surface area contributed by atoms with Crippen LogP contribution in [0.1, 0.15) is 11.3 Å². The normalized spacial score (nSPS) is 11.5. The average molecular weight is 540 g/mol. The van der Waals surface area contributed by atoms with Gasteiger partial charge in [0.15, 0.2) is 19.0 Å². The molecule has 0 aliphatic carbocycles. The zero-order valence-corrected chi connectivity index (χ0v) is 21.7. The molecule has 12 heteroatoms. The Labute approximate surface area is 213 Å². The van der Waals surface area contributed by atoms with Crippen LogP contribution in [-0.2, 0) is 24.3 Å². The van der Waals surface area contributed by atoms with E-state index >= 15 is 0 Å². The number of rotatable bonds is 8. The minimum Gasteiger partial charge on any atom is -0.478 e. The molecule has 3 aromatic rings. The quantitative estimate of drug-likeness (QED) is 0.430. The number of anilines is 1. The average Bonchev–Trinajstić information content (AvgIpc) is 2.78. The van der Waals surface area contributed by atoms with E-state index in [2.05, 4.69) is 10.3 Å². The van der Waals surface area contributed by atoms with E-state index in [4.69, 9.17) is 32.7 Å². The van der Waals surface area contributed by atoms with Gasteiger partial charge in [-0.15, -0.1) is 0 Å². The molecule has 0 saturated carbocycles. The molecule has 0 bridgehead atoms. The number of fused-ring (bicyclic) bond motifs is 1. The van der Waals surface area contributed by atoms with Crippen LogP contribution in [0.4, 0.5) is 5.69 Å². The van der Waals surface area contributed by atoms with Crippen molar-refractivity contribution in [2.24, 2.45) is 0 Å². The van der Waals surface area contributed by atoms with Crippen molar-refractivity contribution in [3.63, 3.8) is 0 Å². The van der Waals surface area contributed by atoms with Crippen molar-refractivity contribution in [3.05, 3.63) is 57.7 Å². The van der Waals surface area contributed by atoms with Gasteiger partial charge in [0.1, 0.15) is 5.52 Å². The number of carbonyl (C=O) groups is 2. The summed E-state index contributed by atoms with van der Waals surface area (Å²) in [6.07, 6.45) is 0. The van der Waals surface area contributed by atoms with Gasteiger partial charge in [-0.25, -0.2) is 22.5 Å². The molecule has 0 radical (unpaired) electrons. The van der Waals surface area contributed by atoms with Gasteiger partial charge in [0.2, 0.25) is 10.0 Å². The fourth-order valence-corrected chi connectivity index (χ4v) is 4.54. The van der Waals surface area contributed by atoms with Crippen LogP contribution in [0.5, 0.6) is 5.75 Å². The lowest BCUT2D eigenvalue weighted by Gasteiger charge is -2.14. The minimum atomic E-state index is -3.68. The Kier molecular flexibility index (Phi) is 8.22. The van der Waals surface area contributed by atoms with Crippen molar-refractivity contribution < 1.29 is 27.5 Å². The summed E-state index contributed by atoms with van der Waals surface area (Å²) in [4.78, 5) is 28.9. The molecule has 0 aliphatic heterocycles. The lowest BCUT2D eigenvalue weighted by atomic mass is 10.2. The highest BCUT2D eigenvalue weighted by atomic mass is 35.5. The van der Waals surface area contributed by atoms with E-state index in [0.29, 0.717) is 27.2 Å². The number of ether oxygens (including phenoxy) is 2. The summed E-state index contributed by atoms with van der Waals surface area (Å²) in [7, 11) is -0.862. The van der Waals surface area contributed by atoms with Crippen molar-refractivity contribution >= 4 is 61.7 Å². The van der Waals surface area contributed by atoms with Gasteiger partial charge in [0.05, 0.1) is 14.9 Å². The topological polar surface area (TPSA) is 115 Å². The number of nitrogens with zero attached hydrogens (tertiary/aromatic N) is 2. The van der Waals surface area contributed by atoms with Gasteiger partial charge in [0.25, 0.3) is 5.91 Å². The maximum Gasteiger partial charge on any atom is 0.344 e. The fraction of sp³-hybridized carbons (Fsp3) is 0.261. The molecule has 1 aromatic heterocycles. The number of aryl methyl sites for hydroxylation is 2. The first-order valence-electron chi connectivity index (χ1n) is 10.3. The van der Waals surface area contributed by atoms with E-state index in [0.717, 1.165) is 4.31 Å². The number of sulfonamides is 1. The molecule has 0 fully saturated rings. The standard InChI is InChI=1S/C23H23Cl2N3O6S/c1-13-5-7-15(35(31,32)28(3)4)9-19(13)27-20(29)11-33-21(30)12-34-23-18(25)10-17(24)16-8-6-14(2)26-22(16)23/h5-10H,11-12H2,1-4H3,(H,27,29). The maximum absolute atomic E-state index is 12.3. The zero-order valence-electron chi connectivity index (χ0n) is 19.4. The van der Waals surface area contributed by atoms with Crippen LogP contribution in [-0.4, -0.2) is 56.9 Å². The third-order valence-electron chi connectivity index (χ3n) is 4.94. The third kappa shape index (κ3) is 6.21. The maximum atomic E-state index is 12.3. The number of aromatic nitrogens is 1. The molecule has 0 saturated heterocycles. The van der Waals surface area contributed by atoms with E-state index in [1.807, 2.05) is 0 Å². The summed E-state index contributed by atoms with van der Waals surface area (Å²) in [5.41, 5.74) is 2.03. The van der Waals surface area contributed by atoms with Gasteiger partial charge < -0.3 is 14.8 Å². The highest BCUT2D eigenvalue weighted by Gasteiger charge is 2.19. The molecule has 2 aromatic carbocycles. The number of pyridine rings is 1. The van der Waals surface area contributed by atoms with Crippen LogP contribution >= 0.6 is 23.2 Å². The SMILES string of the molecule is Cc1ccc2c(Cl)cc(Cl)c(OCC(=O)OCC(=O)Nc3cc(S(=O)(=O)N(C)C)ccc3C)c2n1. The highest BCUT2D eigenvalue weighted by molar-refractivity contribution is 7.89. The van der Waals surface area contributed by atoms with E-state index in [-0.39, 0.29) is 21.4 Å². The lowest BCUT2D eigenvalue weighted by molar-refractivity contribution is -0.149. The van der Waals surface area contributed by atoms with Gasteiger partial charge in [-0.1, -0.05) is 29.3 Å². The fourth-order valence-electron chi connectivity index (χ4n) is 3.04. The van der Waals surface area contributed by atoms with Gasteiger partial charge in [0, 0.05) is 30.9 Å². The molecule has 3 rings (SSSR count). The van der Waals surface area contributed by atoms with Crippen LogP contribution in [0.3, 0.4) is 0 Å². The Morgan fingerprint density at radius 3 is 2.43 bits per heavy atom. The number of hydrogen-bond donors (Lipinski definition) is 1. The van der Waals surface area contributed by atoms with Crippen molar-refractivity contribution in [2.75, 3.05) is 32.6 Å². The lowest BCUT2D eigenvalue weighted by Crippen LogP contribution is -2.25. The smallest absolute Gasteiger partial charge is 0.344 e. The summed E-state index contributed by atoms with van der Waals surface area (Å²) in [6.45, 7) is 2.38. The largest absolute Gasteiger partial charge is 0.478 e. The van der Waals surface area contributed by atoms with E-state index in [1.54, 1.807) is 32.0 Å². The van der Waals surface area contributed by atoms with E-state index in [9.17, 15) is 18.0 Å². The Balaban J connectivity index is 1.63. The van der Waals surface area contributed by atoms with Gasteiger partial charge >= 0.3 is 5.97 Å². The molecule has 9 nitrogen and oxygen atoms in total. The molecule has 1 amide bonds. The molecule has 0 unspecified atom stereocenters. The first kappa shape index (κ1) is 26.7. The van der Waals surface area contributed by atoms with Gasteiger partial charge in [-0.3, -0.25) is 4.79 Å². The Bertz CT molecular complexity index is 1410. The van der Waals surface area contributed by atoms with Crippen LogP contribution in [0.15, 0.2) is 41.3 Å². The summed E-state index contributed by atoms with van der Waals surface area (Å²) >= 11 is 12.4. The van der Waals surface area contributed by atoms with Crippen molar-refractivity contribution in [1.82, 2.24) is 9.29 Å². The number of hydrogen-bond acceptors (Lipinski definition) is 7. The van der Waals surface area contributed by atoms with E-state index in [1.165, 1.54) is 32.3 Å². The molecular weight excluding hydrogens is 517 g/mol. The van der Waals surface area contributed by atoms with E-state index < -0.39 is 35.1 Å². The number of halogens is 2. The Morgan fingerprint density at radius 1 is 1.03 bits per heavy atom. The summed E-state index contributed by atoms with van der Waals surface area (Å²) in [6, 6.07) is 9.40. The predicted octanol–water partition coefficient (Wildman–Crippen LogP) is 3.97. The third-order valence-corrected chi connectivity index (χ3v) is 7.34. The number of carbonyl (C=O) groups excluding carboxylic acids is 2. The first-order chi connectivity index (χ1) is 16.4. The van der Waals surface area contributed by atoms with Crippen LogP contribution in [0.25, 0.3) is 10.9 Å². The molecule has 0 spiro atoms. The molecule has 1 N–H and O–H groups in total. The molecule has 1 heterocycles. The summed E-state index contributed by atoms with van der Waals surface area (Å²) < 4.78 is 36.3. The number of benzene rings is 2. The monoisotopic (exact) mass is 539 g/mol. The number of esters is 1. The number of nitrogens with one attached hydrogen (secondary N) is 1. The summed E-state index contributed by atoms with van der Waals surface area (Å²) in [5, 5.41) is 3.73. The second-order valence-corrected chi connectivity index (χ2v) is 10.7. The van der Waals surface area contributed by atoms with Crippen LogP contribution in [0.2, 0.25) is 10.0 Å². The van der Waals surface area contributed by atoms with Crippen molar-refractivity contribution in [1.29, 1.82) is 0 Å². The molecule has 186 valence electrons. The predicted molar refractivity (Wildman–Crippen MR) is 134 cm³/mol. The summed E-state index contributed by atoms with van der Waals surface area (Å²) in [5.74, 6) is -1.29. The Morgan fingerprint density at radius 2 is 1.74 bits per heavy atom. The Hall–Kier alpha value is -2.92. The van der Waals surface area contributed by atoms with Gasteiger partial charge in [-0.2, -0.15) is 0 Å². The minimum absolute atomic E-state index is 0.0183. The molecule has 0 atom stereocenters. The first-order valence-corrected chi connectivity index (χ1v) is 12.5. The van der Waals surface area contributed by atoms with Crippen molar-refractivity contribution in [3.8, 4) is 5.75 Å². The van der Waals surface area contributed by atoms with Gasteiger partial charge in [-0.05, 0) is 49.7 Å². The van der Waals surface area contributed by atoms with Crippen LogP contribution in [0, 0.1) is 13.8 Å². The second-order valence-electron chi connectivity index (χ2n) is 7.78. The molecular formula is C23H23Cl2N3O6S. The van der Waals surface area contributed by atoms with Crippen LogP contribution < -0.4 is 10.1 Å². The zero-order chi connectivity index (χ0) is 25.9. The number of amides is 1. The second kappa shape index (κ2) is 10.8. The molecule has 0 aliphatic rings. The molecule has 35 heavy (non-hydrogen) atoms. The highest BCUT2D eigenvalue weighted by Crippen LogP contribution is 2.37.